The molecule has 1 N–H and O–H groups in total. The van der Waals surface area contributed by atoms with Crippen molar-refractivity contribution < 1.29 is 30.0 Å². The van der Waals surface area contributed by atoms with Gasteiger partial charge in [0, 0.05) is 25.5 Å². The maximum Gasteiger partial charge on any atom is 0.411 e. The first kappa shape index (κ1) is 26.2. The number of hydrogen-bond donors (Lipinski definition) is 1. The Kier molecular flexibility index (Phi) is 6.79. The first-order chi connectivity index (χ1) is 17.4. The zero-order valence-corrected chi connectivity index (χ0v) is 21.8. The van der Waals surface area contributed by atoms with Crippen LogP contribution in [0.2, 0.25) is 0 Å². The number of fused-ring (bicyclic) bond motifs is 1. The van der Waals surface area contributed by atoms with Gasteiger partial charge in [-0.2, -0.15) is 0 Å². The van der Waals surface area contributed by atoms with Crippen LogP contribution in [0.15, 0.2) is 47.9 Å². The van der Waals surface area contributed by atoms with Crippen molar-refractivity contribution in [2.75, 3.05) is 20.8 Å². The zero-order chi connectivity index (χ0) is 27.1. The molecule has 1 saturated carbocycles. The van der Waals surface area contributed by atoms with Gasteiger partial charge in [-0.3, -0.25) is 14.5 Å². The Labute approximate surface area is 216 Å². The number of aromatic nitrogens is 1. The van der Waals surface area contributed by atoms with Gasteiger partial charge in [-0.25, -0.2) is 9.59 Å². The highest BCUT2D eigenvalue weighted by Gasteiger charge is 2.62. The second-order valence-electron chi connectivity index (χ2n) is 10.5. The average molecular weight is 514 g/mol. The van der Waals surface area contributed by atoms with Crippen molar-refractivity contribution in [3.63, 3.8) is 0 Å². The van der Waals surface area contributed by atoms with Crippen LogP contribution in [0.5, 0.6) is 5.75 Å². The molecule has 10 heteroatoms. The molecule has 0 radical (unpaired) electrons. The number of rotatable bonds is 6. The van der Waals surface area contributed by atoms with Crippen molar-refractivity contribution in [3.05, 3.63) is 53.5 Å². The molecule has 200 valence electrons. The van der Waals surface area contributed by atoms with Crippen LogP contribution in [0, 0.1) is 5.92 Å². The van der Waals surface area contributed by atoms with Gasteiger partial charge < -0.3 is 24.1 Å². The number of benzene rings is 1. The third-order valence-electron chi connectivity index (χ3n) is 6.94. The number of ether oxygens (including phenoxy) is 3. The normalized spacial score (nSPS) is 24.9. The van der Waals surface area contributed by atoms with Crippen molar-refractivity contribution in [1.82, 2.24) is 14.8 Å². The van der Waals surface area contributed by atoms with E-state index in [1.54, 1.807) is 69.0 Å². The molecule has 2 heterocycles. The molecule has 0 unspecified atom stereocenters. The van der Waals surface area contributed by atoms with E-state index >= 15 is 0 Å². The molecule has 1 aliphatic carbocycles. The van der Waals surface area contributed by atoms with Crippen molar-refractivity contribution in [1.29, 1.82) is 0 Å². The Hall–Kier alpha value is -3.82. The van der Waals surface area contributed by atoms with Crippen LogP contribution in [-0.4, -0.2) is 65.4 Å². The summed E-state index contributed by atoms with van der Waals surface area (Å²) < 4.78 is 17.3. The Morgan fingerprint density at radius 2 is 1.95 bits per heavy atom. The number of esters is 1. The first-order valence-corrected chi connectivity index (χ1v) is 12.2. The number of pyridine rings is 1. The molecule has 1 aromatic heterocycles. The average Bonchev–Trinajstić information content (AvgIpc) is 3.38. The molecular weight excluding hydrogens is 478 g/mol. The topological polar surface area (TPSA) is 116 Å². The summed E-state index contributed by atoms with van der Waals surface area (Å²) in [6, 6.07) is 5.55. The number of carbonyl (C=O) groups is 3. The minimum absolute atomic E-state index is 0. The van der Waals surface area contributed by atoms with Gasteiger partial charge in [0.15, 0.2) is 0 Å². The molecule has 0 bridgehead atoms. The van der Waals surface area contributed by atoms with Crippen LogP contribution >= 0.6 is 0 Å². The Morgan fingerprint density at radius 3 is 2.54 bits per heavy atom. The number of carbonyl (C=O) groups excluding carboxylic acids is 3. The predicted molar refractivity (Wildman–Crippen MR) is 138 cm³/mol. The van der Waals surface area contributed by atoms with E-state index in [2.05, 4.69) is 11.9 Å². The van der Waals surface area contributed by atoms with Gasteiger partial charge in [-0.15, -0.1) is 6.58 Å². The molecule has 4 atom stereocenters. The molecule has 1 aliphatic heterocycles. The summed E-state index contributed by atoms with van der Waals surface area (Å²) >= 11 is 0. The number of hydrogen-bond acceptors (Lipinski definition) is 7. The van der Waals surface area contributed by atoms with Crippen LogP contribution in [0.3, 0.4) is 0 Å². The minimum atomic E-state index is -1.20. The fourth-order valence-corrected chi connectivity index (χ4v) is 4.93. The summed E-state index contributed by atoms with van der Waals surface area (Å²) in [5, 5.41) is 4.02. The monoisotopic (exact) mass is 513 g/mol. The van der Waals surface area contributed by atoms with Gasteiger partial charge in [-0.05, 0) is 63.3 Å². The highest BCUT2D eigenvalue weighted by molar-refractivity contribution is 5.95. The molecule has 1 aromatic carbocycles. The standard InChI is InChI=1S/C27H33N3O7.H2/c1-7-17-14-27(17,24(33)36-6)28-22(31)21-13-18(15-30(21)25(34)37-26(2,3)4)29-11-10-16-12-19(35-5)8-9-20(16)23(29)32;/h7-12,17-18,21H,1,13-15H2,2-6H3,(H,28,31);1H/t17-,18-,21+,27-;/m1./s1. The Bertz CT molecular complexity index is 1320. The molecule has 0 spiro atoms. The van der Waals surface area contributed by atoms with Crippen LogP contribution in [-0.2, 0) is 19.1 Å². The Morgan fingerprint density at radius 1 is 1.22 bits per heavy atom. The number of likely N-dealkylation sites (tertiary alicyclic amines) is 1. The predicted octanol–water partition coefficient (Wildman–Crippen LogP) is 3.04. The highest BCUT2D eigenvalue weighted by Crippen LogP contribution is 2.45. The summed E-state index contributed by atoms with van der Waals surface area (Å²) in [6.07, 6.45) is 3.13. The maximum absolute atomic E-state index is 13.5. The van der Waals surface area contributed by atoms with E-state index in [0.717, 1.165) is 5.39 Å². The van der Waals surface area contributed by atoms with E-state index < -0.39 is 41.2 Å². The lowest BCUT2D eigenvalue weighted by atomic mass is 10.1. The van der Waals surface area contributed by atoms with Crippen molar-refractivity contribution in [2.45, 2.75) is 56.8 Å². The minimum Gasteiger partial charge on any atom is -0.497 e. The van der Waals surface area contributed by atoms with Crippen LogP contribution in [0.1, 0.15) is 41.1 Å². The quantitative estimate of drug-likeness (QED) is 0.466. The molecule has 10 nitrogen and oxygen atoms in total. The summed E-state index contributed by atoms with van der Waals surface area (Å²) in [5.74, 6) is -0.709. The number of nitrogens with one attached hydrogen (secondary N) is 1. The number of nitrogens with zero attached hydrogens (tertiary/aromatic N) is 2. The second-order valence-corrected chi connectivity index (χ2v) is 10.5. The van der Waals surface area contributed by atoms with E-state index in [4.69, 9.17) is 14.2 Å². The van der Waals surface area contributed by atoms with Gasteiger partial charge in [0.05, 0.1) is 20.3 Å². The fraction of sp³-hybridized carbons (Fsp3) is 0.481. The lowest BCUT2D eigenvalue weighted by Crippen LogP contribution is -2.53. The molecule has 2 aliphatic rings. The van der Waals surface area contributed by atoms with Crippen LogP contribution in [0.4, 0.5) is 4.79 Å². The van der Waals surface area contributed by atoms with Crippen molar-refractivity contribution in [3.8, 4) is 5.75 Å². The second kappa shape index (κ2) is 9.57. The van der Waals surface area contributed by atoms with Crippen molar-refractivity contribution in [2.24, 2.45) is 5.92 Å². The molecule has 1 saturated heterocycles. The molecule has 2 aromatic rings. The van der Waals surface area contributed by atoms with E-state index in [0.29, 0.717) is 17.6 Å². The van der Waals surface area contributed by atoms with Crippen LogP contribution in [0.25, 0.3) is 10.8 Å². The van der Waals surface area contributed by atoms with Gasteiger partial charge in [0.2, 0.25) is 5.91 Å². The molecule has 2 fully saturated rings. The van der Waals surface area contributed by atoms with Gasteiger partial charge in [0.25, 0.3) is 5.56 Å². The lowest BCUT2D eigenvalue weighted by Gasteiger charge is -2.29. The third-order valence-corrected chi connectivity index (χ3v) is 6.94. The maximum atomic E-state index is 13.5. The lowest BCUT2D eigenvalue weighted by molar-refractivity contribution is -0.147. The molecule has 2 amide bonds. The summed E-state index contributed by atoms with van der Waals surface area (Å²) in [6.45, 7) is 9.03. The zero-order valence-electron chi connectivity index (χ0n) is 21.8. The summed E-state index contributed by atoms with van der Waals surface area (Å²) in [7, 11) is 2.82. The molecular formula is C27H35N3O7. The molecule has 4 rings (SSSR count). The van der Waals surface area contributed by atoms with E-state index in [1.165, 1.54) is 12.0 Å². The van der Waals surface area contributed by atoms with Gasteiger partial charge in [0.1, 0.15) is 22.9 Å². The van der Waals surface area contributed by atoms with Gasteiger partial charge in [-0.1, -0.05) is 6.08 Å². The SMILES string of the molecule is C=C[C@@H]1C[C@]1(NC(=O)[C@@H]1C[C@@H](n2ccc3cc(OC)ccc3c2=O)CN1C(=O)OC(C)(C)C)C(=O)OC.[HH]. The first-order valence-electron chi connectivity index (χ1n) is 12.2. The summed E-state index contributed by atoms with van der Waals surface area (Å²) in [4.78, 5) is 53.8. The fourth-order valence-electron chi connectivity index (χ4n) is 4.93. The number of amides is 2. The van der Waals surface area contributed by atoms with E-state index in [9.17, 15) is 19.2 Å². The number of methoxy groups -OCH3 is 2. The van der Waals surface area contributed by atoms with Gasteiger partial charge >= 0.3 is 12.1 Å². The largest absolute Gasteiger partial charge is 0.497 e. The van der Waals surface area contributed by atoms with E-state index in [1.807, 2.05) is 0 Å². The Balaban J connectivity index is 0.00000400. The summed E-state index contributed by atoms with van der Waals surface area (Å²) in [5.41, 5.74) is -2.23. The van der Waals surface area contributed by atoms with Crippen molar-refractivity contribution >= 4 is 28.7 Å². The molecule has 37 heavy (non-hydrogen) atoms. The van der Waals surface area contributed by atoms with Crippen LogP contribution < -0.4 is 15.6 Å². The van der Waals surface area contributed by atoms with E-state index in [-0.39, 0.29) is 25.9 Å². The third kappa shape index (κ3) is 4.92. The highest BCUT2D eigenvalue weighted by atomic mass is 16.6. The smallest absolute Gasteiger partial charge is 0.411 e.